The van der Waals surface area contributed by atoms with Crippen molar-refractivity contribution in [1.82, 2.24) is 4.90 Å². The lowest BCUT2D eigenvalue weighted by Crippen LogP contribution is -2.39. The van der Waals surface area contributed by atoms with Crippen LogP contribution in [0.5, 0.6) is 0 Å². The first-order valence-corrected chi connectivity index (χ1v) is 9.19. The summed E-state index contributed by atoms with van der Waals surface area (Å²) in [6, 6.07) is 7.32. The summed E-state index contributed by atoms with van der Waals surface area (Å²) in [6.07, 6.45) is 11.5. The average Bonchev–Trinajstić information content (AvgIpc) is 2.73. The van der Waals surface area contributed by atoms with Crippen LogP contribution in [0.1, 0.15) is 44.2 Å². The molecule has 0 radical (unpaired) electrons. The Balaban J connectivity index is 1.85. The van der Waals surface area contributed by atoms with Gasteiger partial charge in [0.25, 0.3) is 0 Å². The van der Waals surface area contributed by atoms with Crippen LogP contribution in [0.4, 0.5) is 5.69 Å². The molecule has 0 aromatic heterocycles. The van der Waals surface area contributed by atoms with Gasteiger partial charge in [0.15, 0.2) is 0 Å². The molecular formula is C22H30N2. The van der Waals surface area contributed by atoms with E-state index < -0.39 is 0 Å². The molecular weight excluding hydrogens is 292 g/mol. The SMILES string of the molecule is C=C1CCCc2ccc(C)cc2N1C1C=CN(C/C(C)=C/C)CC1. The van der Waals surface area contributed by atoms with Gasteiger partial charge < -0.3 is 9.80 Å². The molecule has 2 heteroatoms. The molecule has 2 nitrogen and oxygen atoms in total. The van der Waals surface area contributed by atoms with E-state index in [-0.39, 0.29) is 0 Å². The Labute approximate surface area is 147 Å². The Kier molecular flexibility index (Phi) is 5.13. The number of fused-ring (bicyclic) bond motifs is 1. The molecule has 2 aliphatic rings. The van der Waals surface area contributed by atoms with Crippen molar-refractivity contribution < 1.29 is 0 Å². The Bertz CT molecular complexity index is 669. The van der Waals surface area contributed by atoms with Gasteiger partial charge in [-0.05, 0) is 75.9 Å². The Morgan fingerprint density at radius 2 is 2.17 bits per heavy atom. The smallest absolute Gasteiger partial charge is 0.0552 e. The minimum atomic E-state index is 0.429. The molecule has 2 heterocycles. The molecule has 0 N–H and O–H groups in total. The van der Waals surface area contributed by atoms with Gasteiger partial charge in [-0.2, -0.15) is 0 Å². The number of hydrogen-bond donors (Lipinski definition) is 0. The summed E-state index contributed by atoms with van der Waals surface area (Å²) in [4.78, 5) is 4.93. The first-order valence-electron chi connectivity index (χ1n) is 9.19. The summed E-state index contributed by atoms with van der Waals surface area (Å²) in [5.41, 5.74) is 6.88. The monoisotopic (exact) mass is 322 g/mol. The maximum Gasteiger partial charge on any atom is 0.0552 e. The number of aryl methyl sites for hydroxylation is 2. The number of nitrogens with zero attached hydrogens (tertiary/aromatic N) is 2. The molecule has 0 saturated heterocycles. The topological polar surface area (TPSA) is 6.48 Å². The molecule has 24 heavy (non-hydrogen) atoms. The first-order chi connectivity index (χ1) is 11.6. The molecule has 1 aromatic rings. The summed E-state index contributed by atoms with van der Waals surface area (Å²) in [6.45, 7) is 13.1. The van der Waals surface area contributed by atoms with E-state index in [1.165, 1.54) is 34.5 Å². The third kappa shape index (κ3) is 3.58. The standard InChI is InChI=1S/C22H30N2/c1-5-17(2)16-23-13-11-21(12-14-23)24-19(4)7-6-8-20-10-9-18(3)15-22(20)24/h5,9-11,13,15,21H,4,6-8,12,14,16H2,1-3H3/b17-5+. The average molecular weight is 322 g/mol. The summed E-state index contributed by atoms with van der Waals surface area (Å²) in [5, 5.41) is 0. The van der Waals surface area contributed by atoms with E-state index in [4.69, 9.17) is 0 Å². The van der Waals surface area contributed by atoms with E-state index in [2.05, 4.69) is 73.7 Å². The fourth-order valence-corrected chi connectivity index (χ4v) is 3.74. The minimum Gasteiger partial charge on any atom is -0.374 e. The van der Waals surface area contributed by atoms with Crippen LogP contribution in [0.15, 0.2) is 54.4 Å². The second-order valence-electron chi connectivity index (χ2n) is 7.22. The molecule has 0 amide bonds. The zero-order valence-corrected chi connectivity index (χ0v) is 15.4. The van der Waals surface area contributed by atoms with Gasteiger partial charge in [0.1, 0.15) is 0 Å². The van der Waals surface area contributed by atoms with E-state index in [0.717, 1.165) is 32.4 Å². The van der Waals surface area contributed by atoms with E-state index >= 15 is 0 Å². The summed E-state index contributed by atoms with van der Waals surface area (Å²) < 4.78 is 0. The highest BCUT2D eigenvalue weighted by Gasteiger charge is 2.26. The fraction of sp³-hybridized carbons (Fsp3) is 0.455. The van der Waals surface area contributed by atoms with Crippen LogP contribution in [0.3, 0.4) is 0 Å². The van der Waals surface area contributed by atoms with Crippen molar-refractivity contribution in [2.75, 3.05) is 18.0 Å². The highest BCUT2D eigenvalue weighted by atomic mass is 15.2. The number of rotatable bonds is 3. The van der Waals surface area contributed by atoms with Crippen molar-refractivity contribution in [3.63, 3.8) is 0 Å². The molecule has 1 atom stereocenters. The quantitative estimate of drug-likeness (QED) is 0.705. The Morgan fingerprint density at radius 1 is 1.33 bits per heavy atom. The highest BCUT2D eigenvalue weighted by molar-refractivity contribution is 5.62. The predicted molar refractivity (Wildman–Crippen MR) is 104 cm³/mol. The van der Waals surface area contributed by atoms with Crippen molar-refractivity contribution in [3.8, 4) is 0 Å². The number of hydrogen-bond acceptors (Lipinski definition) is 2. The zero-order valence-electron chi connectivity index (χ0n) is 15.4. The number of anilines is 1. The van der Waals surface area contributed by atoms with E-state index in [1.54, 1.807) is 0 Å². The zero-order chi connectivity index (χ0) is 17.1. The van der Waals surface area contributed by atoms with Crippen LogP contribution < -0.4 is 4.90 Å². The highest BCUT2D eigenvalue weighted by Crippen LogP contribution is 2.35. The second-order valence-corrected chi connectivity index (χ2v) is 7.22. The maximum absolute atomic E-state index is 4.41. The molecule has 128 valence electrons. The first kappa shape index (κ1) is 16.9. The van der Waals surface area contributed by atoms with Crippen molar-refractivity contribution in [2.45, 2.75) is 52.5 Å². The van der Waals surface area contributed by atoms with Crippen molar-refractivity contribution in [1.29, 1.82) is 0 Å². The van der Waals surface area contributed by atoms with Crippen LogP contribution in [0, 0.1) is 6.92 Å². The second kappa shape index (κ2) is 7.29. The van der Waals surface area contributed by atoms with E-state index in [9.17, 15) is 0 Å². The number of benzene rings is 1. The molecule has 0 fully saturated rings. The van der Waals surface area contributed by atoms with Gasteiger partial charge in [-0.15, -0.1) is 0 Å². The Morgan fingerprint density at radius 3 is 2.88 bits per heavy atom. The molecule has 2 aliphatic heterocycles. The largest absolute Gasteiger partial charge is 0.374 e. The van der Waals surface area contributed by atoms with Crippen molar-refractivity contribution >= 4 is 5.69 Å². The molecule has 0 spiro atoms. The van der Waals surface area contributed by atoms with Crippen LogP contribution >= 0.6 is 0 Å². The van der Waals surface area contributed by atoms with Gasteiger partial charge >= 0.3 is 0 Å². The van der Waals surface area contributed by atoms with E-state index in [0.29, 0.717) is 6.04 Å². The fourth-order valence-electron chi connectivity index (χ4n) is 3.74. The molecule has 0 aliphatic carbocycles. The summed E-state index contributed by atoms with van der Waals surface area (Å²) in [7, 11) is 0. The van der Waals surface area contributed by atoms with Crippen LogP contribution in [0.25, 0.3) is 0 Å². The van der Waals surface area contributed by atoms with E-state index in [1.807, 2.05) is 0 Å². The molecule has 1 unspecified atom stereocenters. The maximum atomic E-state index is 4.41. The van der Waals surface area contributed by atoms with Crippen molar-refractivity contribution in [3.05, 3.63) is 65.5 Å². The lowest BCUT2D eigenvalue weighted by molar-refractivity contribution is 0.365. The summed E-state index contributed by atoms with van der Waals surface area (Å²) >= 11 is 0. The van der Waals surface area contributed by atoms with Gasteiger partial charge in [0.2, 0.25) is 0 Å². The molecule has 0 saturated carbocycles. The van der Waals surface area contributed by atoms with Gasteiger partial charge in [0, 0.05) is 24.5 Å². The third-order valence-corrected chi connectivity index (χ3v) is 5.26. The third-order valence-electron chi connectivity index (χ3n) is 5.26. The van der Waals surface area contributed by atoms with Crippen LogP contribution in [-0.2, 0) is 6.42 Å². The molecule has 3 rings (SSSR count). The Hall–Kier alpha value is -1.96. The van der Waals surface area contributed by atoms with Crippen LogP contribution in [-0.4, -0.2) is 24.0 Å². The summed E-state index contributed by atoms with van der Waals surface area (Å²) in [5.74, 6) is 0. The van der Waals surface area contributed by atoms with Gasteiger partial charge in [-0.3, -0.25) is 0 Å². The van der Waals surface area contributed by atoms with Gasteiger partial charge in [0.05, 0.1) is 6.04 Å². The normalized spacial score (nSPS) is 21.7. The minimum absolute atomic E-state index is 0.429. The van der Waals surface area contributed by atoms with Crippen LogP contribution in [0.2, 0.25) is 0 Å². The number of allylic oxidation sites excluding steroid dienone is 2. The molecule has 1 aromatic carbocycles. The van der Waals surface area contributed by atoms with Gasteiger partial charge in [-0.1, -0.05) is 30.4 Å². The van der Waals surface area contributed by atoms with Gasteiger partial charge in [-0.25, -0.2) is 0 Å². The lowest BCUT2D eigenvalue weighted by Gasteiger charge is -2.38. The predicted octanol–water partition coefficient (Wildman–Crippen LogP) is 5.21. The molecule has 0 bridgehead atoms. The van der Waals surface area contributed by atoms with Crippen molar-refractivity contribution in [2.24, 2.45) is 0 Å². The lowest BCUT2D eigenvalue weighted by atomic mass is 10.0.